The second kappa shape index (κ2) is 23.4. The van der Waals surface area contributed by atoms with Gasteiger partial charge in [0.1, 0.15) is 23.0 Å². The normalized spacial score (nSPS) is 10.7. The number of nitrogens with one attached hydrogen (secondary N) is 2. The number of hydrogen-bond donors (Lipinski definition) is 6. The number of H-pyrrole nitrogens is 2. The Morgan fingerprint density at radius 3 is 0.800 bits per heavy atom. The van der Waals surface area contributed by atoms with Gasteiger partial charge >= 0.3 is 0 Å². The van der Waals surface area contributed by atoms with E-state index in [4.69, 9.17) is 66.8 Å². The summed E-state index contributed by atoms with van der Waals surface area (Å²) < 4.78 is 0. The lowest BCUT2D eigenvalue weighted by Crippen LogP contribution is -1.77. The molecule has 0 unspecified atom stereocenters. The number of phenolic OH excluding ortho intramolecular Hbond substituents is 4. The average molecular weight is 881 g/mol. The van der Waals surface area contributed by atoms with Crippen LogP contribution in [0, 0.1) is 0 Å². The highest BCUT2D eigenvalue weighted by Crippen LogP contribution is 2.18. The minimum absolute atomic E-state index is 0.281. The molecule has 3 aromatic heterocycles. The molecule has 0 saturated carbocycles. The van der Waals surface area contributed by atoms with Gasteiger partial charge in [-0.25, -0.2) is 9.97 Å². The van der Waals surface area contributed by atoms with Gasteiger partial charge in [0.2, 0.25) is 0 Å². The second-order valence-corrected chi connectivity index (χ2v) is 14.2. The molecule has 12 heteroatoms. The Labute approximate surface area is 368 Å². The quantitative estimate of drug-likeness (QED) is 0.0974. The standard InChI is InChI=1S/C20H14N4.4C7H7ClO/c1-2-14-10-16-5-6-18(23-16)12-20-8-7-19(24-20)11-17-4-3-15(22-17)9-13(1)21-14;4*8-5-6-1-3-7(9)4-2-6/h1-12,21-22H;4*1-4,9H,5H2. The summed E-state index contributed by atoms with van der Waals surface area (Å²) in [6.07, 6.45) is 8.05. The third kappa shape index (κ3) is 15.2. The number of phenols is 4. The summed E-state index contributed by atoms with van der Waals surface area (Å²) in [6.45, 7) is 0. The zero-order chi connectivity index (χ0) is 42.7. The van der Waals surface area contributed by atoms with Crippen LogP contribution >= 0.6 is 46.4 Å². The molecule has 0 spiro atoms. The predicted molar refractivity (Wildman–Crippen MR) is 250 cm³/mol. The van der Waals surface area contributed by atoms with E-state index in [1.165, 1.54) is 0 Å². The summed E-state index contributed by atoms with van der Waals surface area (Å²) in [5, 5.41) is 35.2. The maximum atomic E-state index is 8.81. The molecule has 8 nitrogen and oxygen atoms in total. The number of aromatic nitrogens is 4. The van der Waals surface area contributed by atoms with Gasteiger partial charge in [0.15, 0.2) is 0 Å². The van der Waals surface area contributed by atoms with Gasteiger partial charge in [0.25, 0.3) is 0 Å². The minimum Gasteiger partial charge on any atom is -0.508 e. The van der Waals surface area contributed by atoms with Crippen molar-refractivity contribution in [3.05, 3.63) is 191 Å². The average Bonchev–Trinajstić information content (AvgIpc) is 4.11. The van der Waals surface area contributed by atoms with E-state index in [0.717, 1.165) is 67.1 Å². The lowest BCUT2D eigenvalue weighted by Gasteiger charge is -1.92. The molecule has 4 aromatic carbocycles. The molecule has 8 bridgehead atoms. The predicted octanol–water partition coefficient (Wildman–Crippen LogP) is 13.2. The minimum atomic E-state index is 0.281. The molecule has 0 saturated heterocycles. The van der Waals surface area contributed by atoms with Crippen LogP contribution in [0.4, 0.5) is 0 Å². The van der Waals surface area contributed by atoms with Crippen LogP contribution in [0.2, 0.25) is 0 Å². The number of benzene rings is 4. The van der Waals surface area contributed by atoms with Crippen molar-refractivity contribution >= 4 is 92.8 Å². The first-order valence-electron chi connectivity index (χ1n) is 18.5. The topological polar surface area (TPSA) is 138 Å². The van der Waals surface area contributed by atoms with Gasteiger partial charge in [-0.2, -0.15) is 0 Å². The van der Waals surface area contributed by atoms with Crippen molar-refractivity contribution in [2.24, 2.45) is 0 Å². The number of hydrogen-bond acceptors (Lipinski definition) is 6. The van der Waals surface area contributed by atoms with E-state index in [1.54, 1.807) is 97.1 Å². The number of rotatable bonds is 4. The maximum absolute atomic E-state index is 8.81. The Balaban J connectivity index is 0.000000158. The summed E-state index contributed by atoms with van der Waals surface area (Å²) in [5.41, 5.74) is 12.0. The highest BCUT2D eigenvalue weighted by Gasteiger charge is 2.02. The van der Waals surface area contributed by atoms with E-state index in [-0.39, 0.29) is 23.0 Å². The molecule has 0 atom stereocenters. The molecule has 9 rings (SSSR count). The summed E-state index contributed by atoms with van der Waals surface area (Å²) >= 11 is 22.0. The zero-order valence-electron chi connectivity index (χ0n) is 32.2. The molecule has 7 aromatic rings. The largest absolute Gasteiger partial charge is 0.508 e. The van der Waals surface area contributed by atoms with Crippen LogP contribution < -0.4 is 0 Å². The fraction of sp³-hybridized carbons (Fsp3) is 0.0833. The second-order valence-electron chi connectivity index (χ2n) is 13.1. The molecule has 0 amide bonds. The molecule has 2 aliphatic rings. The summed E-state index contributed by atoms with van der Waals surface area (Å²) in [6, 6.07) is 43.7. The first-order chi connectivity index (χ1) is 29.1. The molecule has 6 N–H and O–H groups in total. The van der Waals surface area contributed by atoms with Gasteiger partial charge in [0, 0.05) is 45.6 Å². The molecule has 60 heavy (non-hydrogen) atoms. The van der Waals surface area contributed by atoms with E-state index in [1.807, 2.05) is 42.5 Å². The van der Waals surface area contributed by atoms with Crippen molar-refractivity contribution < 1.29 is 20.4 Å². The van der Waals surface area contributed by atoms with Crippen LogP contribution in [0.15, 0.2) is 146 Å². The first kappa shape index (κ1) is 44.9. The van der Waals surface area contributed by atoms with E-state index >= 15 is 0 Å². The molecule has 5 heterocycles. The van der Waals surface area contributed by atoms with E-state index in [0.29, 0.717) is 23.5 Å². The molecular formula is C48H42Cl4N4O4. The molecule has 0 fully saturated rings. The van der Waals surface area contributed by atoms with Gasteiger partial charge in [-0.3, -0.25) is 0 Å². The Bertz CT molecular complexity index is 2350. The fourth-order valence-electron chi connectivity index (χ4n) is 5.28. The Hall–Kier alpha value is -6.16. The summed E-state index contributed by atoms with van der Waals surface area (Å²) in [5.74, 6) is 3.13. The number of halogens is 4. The third-order valence-corrected chi connectivity index (χ3v) is 9.64. The van der Waals surface area contributed by atoms with Crippen LogP contribution in [0.25, 0.3) is 46.4 Å². The lowest BCUT2D eigenvalue weighted by molar-refractivity contribution is 0.474. The number of nitrogens with zero attached hydrogens (tertiary/aromatic N) is 2. The van der Waals surface area contributed by atoms with Crippen molar-refractivity contribution in [1.82, 2.24) is 19.9 Å². The molecule has 306 valence electrons. The highest BCUT2D eigenvalue weighted by atomic mass is 35.5. The number of aromatic hydroxyl groups is 4. The Kier molecular flexibility index (Phi) is 17.6. The van der Waals surface area contributed by atoms with Crippen molar-refractivity contribution in [3.8, 4) is 23.0 Å². The van der Waals surface area contributed by atoms with Gasteiger partial charge in [-0.1, -0.05) is 48.5 Å². The Morgan fingerprint density at radius 1 is 0.317 bits per heavy atom. The van der Waals surface area contributed by atoms with Crippen LogP contribution in [0.5, 0.6) is 23.0 Å². The molecule has 2 aliphatic heterocycles. The van der Waals surface area contributed by atoms with E-state index in [2.05, 4.69) is 50.3 Å². The number of fused-ring (bicyclic) bond motifs is 8. The van der Waals surface area contributed by atoms with Crippen molar-refractivity contribution in [3.63, 3.8) is 0 Å². The van der Waals surface area contributed by atoms with Crippen LogP contribution in [0.1, 0.15) is 45.0 Å². The van der Waals surface area contributed by atoms with Crippen molar-refractivity contribution in [2.75, 3.05) is 0 Å². The lowest BCUT2D eigenvalue weighted by atomic mass is 10.2. The molecule has 0 aliphatic carbocycles. The fourth-order valence-corrected chi connectivity index (χ4v) is 6.00. The SMILES string of the molecule is C1=Cc2cc3ccc(cc4ccc(cc5nc(cc1n2)C=C5)[nH]4)[nH]3.Oc1ccc(CCl)cc1.Oc1ccc(CCl)cc1.Oc1ccc(CCl)cc1.Oc1ccc(CCl)cc1. The first-order valence-corrected chi connectivity index (χ1v) is 20.6. The highest BCUT2D eigenvalue weighted by molar-refractivity contribution is 6.17. The van der Waals surface area contributed by atoms with Crippen molar-refractivity contribution in [2.45, 2.75) is 23.5 Å². The van der Waals surface area contributed by atoms with Gasteiger partial charge in [-0.15, -0.1) is 46.4 Å². The monoisotopic (exact) mass is 878 g/mol. The molecule has 0 radical (unpaired) electrons. The number of aromatic amines is 2. The molecular weight excluding hydrogens is 838 g/mol. The zero-order valence-corrected chi connectivity index (χ0v) is 35.2. The third-order valence-electron chi connectivity index (χ3n) is 8.40. The van der Waals surface area contributed by atoms with E-state index < -0.39 is 0 Å². The van der Waals surface area contributed by atoms with Gasteiger partial charge < -0.3 is 30.4 Å². The van der Waals surface area contributed by atoms with Crippen molar-refractivity contribution in [1.29, 1.82) is 0 Å². The number of alkyl halides is 4. The van der Waals surface area contributed by atoms with Crippen LogP contribution in [-0.4, -0.2) is 40.4 Å². The smallest absolute Gasteiger partial charge is 0.115 e. The summed E-state index contributed by atoms with van der Waals surface area (Å²) in [4.78, 5) is 16.0. The van der Waals surface area contributed by atoms with Gasteiger partial charge in [-0.05, 0) is 144 Å². The van der Waals surface area contributed by atoms with E-state index in [9.17, 15) is 0 Å². The van der Waals surface area contributed by atoms with Crippen LogP contribution in [0.3, 0.4) is 0 Å². The maximum Gasteiger partial charge on any atom is 0.115 e. The van der Waals surface area contributed by atoms with Gasteiger partial charge in [0.05, 0.1) is 22.8 Å². The Morgan fingerprint density at radius 2 is 0.550 bits per heavy atom. The summed E-state index contributed by atoms with van der Waals surface area (Å²) in [7, 11) is 0. The van der Waals surface area contributed by atoms with Crippen LogP contribution in [-0.2, 0) is 23.5 Å².